The van der Waals surface area contributed by atoms with Gasteiger partial charge in [-0.1, -0.05) is 151 Å². The average Bonchev–Trinajstić information content (AvgIpc) is 3.81. The zero-order valence-corrected chi connectivity index (χ0v) is 21.5. The summed E-state index contributed by atoms with van der Waals surface area (Å²) in [7, 11) is 0. The van der Waals surface area contributed by atoms with E-state index >= 15 is 0 Å². The molecule has 0 unspecified atom stereocenters. The minimum Gasteiger partial charge on any atom is -0.0619 e. The smallest absolute Gasteiger partial charge is 0.0619 e. The number of hydrogen-bond donors (Lipinski definition) is 0. The molecule has 0 saturated carbocycles. The van der Waals surface area contributed by atoms with Gasteiger partial charge in [0.05, 0.1) is 41.1 Å². The van der Waals surface area contributed by atoms with E-state index in [1.807, 2.05) is 0 Å². The normalized spacial score (nSPS) is 22.2. The monoisotopic (exact) mass is 568 g/mol. The van der Waals surface area contributed by atoms with E-state index in [0.29, 0.717) is 0 Å². The van der Waals surface area contributed by atoms with Crippen molar-refractivity contribution in [1.82, 2.24) is 0 Å². The molecule has 1 spiro atoms. The van der Waals surface area contributed by atoms with Crippen LogP contribution in [0.2, 0.25) is 0 Å². The Kier molecular flexibility index (Phi) is 1.84. The number of rotatable bonds is 1. The van der Waals surface area contributed by atoms with Crippen molar-refractivity contribution in [3.05, 3.63) is 179 Å². The van der Waals surface area contributed by atoms with Gasteiger partial charge in [-0.15, -0.1) is 0 Å². The second-order valence-electron chi connectivity index (χ2n) is 10.0. The van der Waals surface area contributed by atoms with E-state index in [-0.39, 0.29) is 0 Å². The van der Waals surface area contributed by atoms with Gasteiger partial charge in [0.25, 0.3) is 0 Å². The maximum atomic E-state index is 9.99. The Morgan fingerprint density at radius 2 is 0.744 bits per heavy atom. The van der Waals surface area contributed by atoms with Crippen LogP contribution in [-0.4, -0.2) is 0 Å². The molecule has 0 bridgehead atoms. The minimum atomic E-state index is -2.77. The van der Waals surface area contributed by atoms with Crippen LogP contribution in [0.15, 0.2) is 157 Å². The van der Waals surface area contributed by atoms with Crippen LogP contribution in [0.25, 0.3) is 65.7 Å². The molecule has 0 aromatic heterocycles. The summed E-state index contributed by atoms with van der Waals surface area (Å²) in [4.78, 5) is 0. The highest BCUT2D eigenvalue weighted by molar-refractivity contribution is 6.25. The Morgan fingerprint density at radius 1 is 0.326 bits per heavy atom. The van der Waals surface area contributed by atoms with Crippen LogP contribution < -0.4 is 0 Å². The lowest BCUT2D eigenvalue weighted by Gasteiger charge is -2.30. The fourth-order valence-corrected chi connectivity index (χ4v) is 6.50. The third-order valence-electron chi connectivity index (χ3n) is 8.12. The number of benzene rings is 8. The van der Waals surface area contributed by atoms with Gasteiger partial charge in [0.2, 0.25) is 0 Å². The van der Waals surface area contributed by atoms with Gasteiger partial charge in [-0.25, -0.2) is 0 Å². The molecular formula is C43H26. The Hall–Kier alpha value is -5.46. The summed E-state index contributed by atoms with van der Waals surface area (Å²) in [6.07, 6.45) is 0. The van der Waals surface area contributed by atoms with E-state index < -0.39 is 250 Å². The predicted molar refractivity (Wildman–Crippen MR) is 181 cm³/mol. The molecule has 0 atom stereocenters. The van der Waals surface area contributed by atoms with Crippen LogP contribution in [0.4, 0.5) is 0 Å². The maximum Gasteiger partial charge on any atom is 0.0725 e. The quantitative estimate of drug-likeness (QED) is 0.173. The summed E-state index contributed by atoms with van der Waals surface area (Å²) in [6.45, 7) is 0. The third-order valence-corrected chi connectivity index (χ3v) is 8.12. The van der Waals surface area contributed by atoms with Gasteiger partial charge in [0, 0.05) is 0 Å². The number of fused-ring (bicyclic) bond motifs is 16. The van der Waals surface area contributed by atoms with Crippen LogP contribution >= 0.6 is 0 Å². The maximum absolute atomic E-state index is 9.99. The van der Waals surface area contributed by atoms with Gasteiger partial charge in [-0.05, 0) is 94.0 Å². The van der Waals surface area contributed by atoms with Crippen molar-refractivity contribution >= 4 is 32.3 Å². The molecular weight excluding hydrogens is 516 g/mol. The van der Waals surface area contributed by atoms with Gasteiger partial charge in [-0.3, -0.25) is 0 Å². The summed E-state index contributed by atoms with van der Waals surface area (Å²) in [5.74, 6) is 0. The molecule has 0 N–H and O–H groups in total. The van der Waals surface area contributed by atoms with Crippen molar-refractivity contribution in [2.24, 2.45) is 0 Å². The Bertz CT molecular complexity index is 3800. The van der Waals surface area contributed by atoms with Crippen LogP contribution in [0.5, 0.6) is 0 Å². The van der Waals surface area contributed by atoms with Crippen LogP contribution in [-0.2, 0) is 5.41 Å². The fourth-order valence-electron chi connectivity index (χ4n) is 6.50. The zero-order valence-electron chi connectivity index (χ0n) is 47.5. The van der Waals surface area contributed by atoms with E-state index in [1.165, 1.54) is 0 Å². The molecule has 8 aromatic carbocycles. The van der Waals surface area contributed by atoms with E-state index in [2.05, 4.69) is 0 Å². The molecule has 10 rings (SSSR count). The first-order chi connectivity index (χ1) is 32.2. The van der Waals surface area contributed by atoms with Gasteiger partial charge in [0.1, 0.15) is 0 Å². The molecule has 2 aliphatic carbocycles. The van der Waals surface area contributed by atoms with E-state index in [0.717, 1.165) is 0 Å². The molecule has 0 heteroatoms. The summed E-state index contributed by atoms with van der Waals surface area (Å²) >= 11 is 0. The van der Waals surface area contributed by atoms with Crippen molar-refractivity contribution in [3.8, 4) is 33.4 Å². The average molecular weight is 569 g/mol. The van der Waals surface area contributed by atoms with Crippen molar-refractivity contribution in [2.45, 2.75) is 5.41 Å². The van der Waals surface area contributed by atoms with Gasteiger partial charge < -0.3 is 0 Å². The fraction of sp³-hybridized carbons (Fsp3) is 0.0233. The van der Waals surface area contributed by atoms with Crippen molar-refractivity contribution in [1.29, 1.82) is 0 Å². The molecule has 198 valence electrons. The van der Waals surface area contributed by atoms with Crippen LogP contribution in [0, 0.1) is 0 Å². The highest BCUT2D eigenvalue weighted by Crippen LogP contribution is 2.63. The van der Waals surface area contributed by atoms with E-state index in [4.69, 9.17) is 21.9 Å². The van der Waals surface area contributed by atoms with Gasteiger partial charge in [-0.2, -0.15) is 0 Å². The zero-order chi connectivity index (χ0) is 50.7. The van der Waals surface area contributed by atoms with Crippen LogP contribution in [0.1, 0.15) is 57.9 Å². The van der Waals surface area contributed by atoms with E-state index in [9.17, 15) is 13.7 Å². The highest BCUT2D eigenvalue weighted by atomic mass is 14.5. The molecule has 2 aliphatic rings. The summed E-state index contributed by atoms with van der Waals surface area (Å²) < 4.78 is 237. The van der Waals surface area contributed by atoms with Crippen molar-refractivity contribution in [3.63, 3.8) is 0 Å². The van der Waals surface area contributed by atoms with Gasteiger partial charge >= 0.3 is 0 Å². The second-order valence-corrected chi connectivity index (χ2v) is 10.0. The third kappa shape index (κ3) is 2.81. The first-order valence-corrected chi connectivity index (χ1v) is 13.0. The largest absolute Gasteiger partial charge is 0.0725 e. The van der Waals surface area contributed by atoms with Crippen molar-refractivity contribution in [2.75, 3.05) is 0 Å². The van der Waals surface area contributed by atoms with E-state index in [1.54, 1.807) is 0 Å². The van der Waals surface area contributed by atoms with Gasteiger partial charge in [0.15, 0.2) is 0 Å². The topological polar surface area (TPSA) is 0 Å². The molecule has 0 aliphatic heterocycles. The summed E-state index contributed by atoms with van der Waals surface area (Å²) in [5.41, 5.74) is -9.17. The molecule has 8 aromatic rings. The molecule has 0 nitrogen and oxygen atoms in total. The first kappa shape index (κ1) is 9.53. The molecule has 0 fully saturated rings. The predicted octanol–water partition coefficient (Wildman–Crippen LogP) is 11.2. The molecule has 43 heavy (non-hydrogen) atoms. The lowest BCUT2D eigenvalue weighted by atomic mass is 9.70. The lowest BCUT2D eigenvalue weighted by Crippen LogP contribution is -2.25. The standard InChI is InChI=1S/C43H26/c1-2-14-31-29(12-1)30-13-3-4-15-32(30)37-26-27(24-25-33(31)37)28-19-11-23-41-42(28)36-18-7-10-22-40(36)43(41)38-20-8-5-16-34(38)35-17-6-9-21-39(35)43/h1-26H/i1D,2D,3D,4D,5D,6D,7D,8D,9D,10D,11D,12D,13D,14D,15D,16D,17D,18D,19D,20D,21D,22D,23D,24D,25D,26D. The van der Waals surface area contributed by atoms with Crippen LogP contribution in [0.3, 0.4) is 0 Å². The molecule has 0 saturated heterocycles. The highest BCUT2D eigenvalue weighted by Gasteiger charge is 2.51. The molecule has 0 amide bonds. The van der Waals surface area contributed by atoms with Crippen molar-refractivity contribution < 1.29 is 35.6 Å². The lowest BCUT2D eigenvalue weighted by molar-refractivity contribution is 0.794. The molecule has 0 heterocycles. The SMILES string of the molecule is [2H]c1c([2H])c([2H])c2c(c1[2H])-c1c([2H])c([2H])c([2H])c([2H])c1C21c2c([2H])c([2H])c([2H])c([2H])c2-c2c(-c3c([2H])c([2H])c4c5c([2H])c([2H])c([2H])c([2H])c5c5c([2H])c([2H])c([2H])c([2H])c5c4c3[2H])c([2H])c([2H])c([2H])c21. The Morgan fingerprint density at radius 3 is 1.35 bits per heavy atom. The Labute approximate surface area is 287 Å². The second kappa shape index (κ2) is 8.31. The Balaban J connectivity index is 1.56. The molecule has 0 radical (unpaired) electrons. The summed E-state index contributed by atoms with van der Waals surface area (Å²) in [6, 6.07) is -23.3. The minimum absolute atomic E-state index is 0.468. The number of hydrogen-bond acceptors (Lipinski definition) is 0. The summed E-state index contributed by atoms with van der Waals surface area (Å²) in [5, 5.41) is -3.18. The first-order valence-electron chi connectivity index (χ1n) is 26.0.